The van der Waals surface area contributed by atoms with Gasteiger partial charge in [-0.3, -0.25) is 9.20 Å². The van der Waals surface area contributed by atoms with Gasteiger partial charge in [0.25, 0.3) is 5.56 Å². The molecule has 1 unspecified atom stereocenters. The maximum atomic E-state index is 15.2. The molecule has 0 spiro atoms. The molecule has 3 heterocycles. The minimum Gasteiger partial charge on any atom is -0.477 e. The van der Waals surface area contributed by atoms with Crippen molar-refractivity contribution < 1.29 is 14.3 Å². The zero-order chi connectivity index (χ0) is 20.4. The van der Waals surface area contributed by atoms with E-state index in [0.717, 1.165) is 37.9 Å². The lowest BCUT2D eigenvalue weighted by Crippen LogP contribution is -2.34. The number of fused-ring (bicyclic) bond motifs is 1. The van der Waals surface area contributed by atoms with Crippen LogP contribution in [0.25, 0.3) is 5.52 Å². The number of nitrogens with two attached hydrogens (primary N) is 1. The van der Waals surface area contributed by atoms with E-state index in [4.69, 9.17) is 5.73 Å². The average molecular weight is 399 g/mol. The highest BCUT2D eigenvalue weighted by molar-refractivity contribution is 5.89. The Morgan fingerprint density at radius 2 is 1.97 bits per heavy atom. The van der Waals surface area contributed by atoms with Crippen molar-refractivity contribution in [3.63, 3.8) is 0 Å². The van der Waals surface area contributed by atoms with Gasteiger partial charge >= 0.3 is 5.97 Å². The first-order valence-corrected chi connectivity index (χ1v) is 10.5. The molecule has 6 nitrogen and oxygen atoms in total. The summed E-state index contributed by atoms with van der Waals surface area (Å²) in [6.07, 6.45) is 6.43. The fraction of sp³-hybridized carbons (Fsp3) is 0.545. The molecular formula is C22H26FN3O3. The van der Waals surface area contributed by atoms with Crippen molar-refractivity contribution in [2.45, 2.75) is 51.0 Å². The third-order valence-corrected chi connectivity index (χ3v) is 6.94. The number of carboxylic acids is 1. The predicted octanol–water partition coefficient (Wildman–Crippen LogP) is 2.89. The van der Waals surface area contributed by atoms with E-state index in [1.165, 1.54) is 29.5 Å². The Kier molecular flexibility index (Phi) is 4.21. The summed E-state index contributed by atoms with van der Waals surface area (Å²) in [5, 5.41) is 9.42. The Bertz CT molecular complexity index is 1070. The van der Waals surface area contributed by atoms with Crippen molar-refractivity contribution >= 4 is 17.2 Å². The second kappa shape index (κ2) is 6.55. The molecule has 2 atom stereocenters. The number of nitrogens with zero attached hydrogens (tertiary/aromatic N) is 2. The van der Waals surface area contributed by atoms with Crippen LogP contribution in [0.5, 0.6) is 0 Å². The number of anilines is 1. The first-order valence-electron chi connectivity index (χ1n) is 10.5. The van der Waals surface area contributed by atoms with Crippen LogP contribution in [0.2, 0.25) is 0 Å². The van der Waals surface area contributed by atoms with Gasteiger partial charge in [-0.05, 0) is 74.0 Å². The molecule has 154 valence electrons. The van der Waals surface area contributed by atoms with E-state index in [9.17, 15) is 14.7 Å². The maximum Gasteiger partial charge on any atom is 0.341 e. The summed E-state index contributed by atoms with van der Waals surface area (Å²) in [7, 11) is 0. The number of halogens is 1. The second-order valence-electron chi connectivity index (χ2n) is 8.98. The topological polar surface area (TPSA) is 88.0 Å². The van der Waals surface area contributed by atoms with Crippen LogP contribution in [0.1, 0.15) is 59.5 Å². The number of carboxylic acid groups (broad SMARTS) is 1. The van der Waals surface area contributed by atoms with E-state index in [2.05, 4.69) is 4.90 Å². The van der Waals surface area contributed by atoms with E-state index < -0.39 is 17.3 Å². The number of carbonyl (C=O) groups is 1. The first-order chi connectivity index (χ1) is 13.9. The molecule has 1 aliphatic heterocycles. The molecule has 2 aromatic heterocycles. The molecule has 5 rings (SSSR count). The normalized spacial score (nSPS) is 23.0. The van der Waals surface area contributed by atoms with Gasteiger partial charge in [0.15, 0.2) is 5.82 Å². The van der Waals surface area contributed by atoms with Gasteiger partial charge in [0.2, 0.25) is 0 Å². The van der Waals surface area contributed by atoms with Gasteiger partial charge in [-0.25, -0.2) is 9.18 Å². The van der Waals surface area contributed by atoms with Crippen LogP contribution in [0.4, 0.5) is 10.1 Å². The van der Waals surface area contributed by atoms with Crippen LogP contribution in [0, 0.1) is 24.6 Å². The van der Waals surface area contributed by atoms with Crippen molar-refractivity contribution in [1.82, 2.24) is 4.40 Å². The van der Waals surface area contributed by atoms with E-state index >= 15 is 4.39 Å². The predicted molar refractivity (Wildman–Crippen MR) is 108 cm³/mol. The fourth-order valence-electron chi connectivity index (χ4n) is 5.06. The maximum absolute atomic E-state index is 15.2. The van der Waals surface area contributed by atoms with E-state index in [-0.39, 0.29) is 17.5 Å². The van der Waals surface area contributed by atoms with Gasteiger partial charge in [-0.2, -0.15) is 0 Å². The van der Waals surface area contributed by atoms with Crippen LogP contribution in [0.15, 0.2) is 17.1 Å². The zero-order valence-corrected chi connectivity index (χ0v) is 16.5. The lowest BCUT2D eigenvalue weighted by molar-refractivity contribution is 0.0694. The van der Waals surface area contributed by atoms with E-state index in [1.807, 2.05) is 6.92 Å². The highest BCUT2D eigenvalue weighted by Gasteiger charge is 2.38. The monoisotopic (exact) mass is 399 g/mol. The summed E-state index contributed by atoms with van der Waals surface area (Å²) in [5.74, 6) is -0.559. The van der Waals surface area contributed by atoms with Gasteiger partial charge in [0.1, 0.15) is 5.56 Å². The lowest BCUT2D eigenvalue weighted by atomic mass is 9.96. The Balaban J connectivity index is 1.62. The van der Waals surface area contributed by atoms with Crippen LogP contribution >= 0.6 is 0 Å². The first kappa shape index (κ1) is 18.6. The quantitative estimate of drug-likeness (QED) is 0.807. The molecule has 3 aliphatic rings. The minimum atomic E-state index is -1.27. The molecule has 29 heavy (non-hydrogen) atoms. The SMILES string of the molecule is Cc1c(N2CCC([C@@H](N)C3CC3)C2)c(F)cn2c(=O)c(C(=O)O)cc(C3CC3)c12. The molecular weight excluding hydrogens is 373 g/mol. The summed E-state index contributed by atoms with van der Waals surface area (Å²) >= 11 is 0. The summed E-state index contributed by atoms with van der Waals surface area (Å²) in [6.45, 7) is 3.31. The Morgan fingerprint density at radius 1 is 1.24 bits per heavy atom. The second-order valence-corrected chi connectivity index (χ2v) is 8.98. The standard InChI is InChI=1S/C22H26FN3O3/c1-11-19-15(12-2-3-12)8-16(22(28)29)21(27)26(19)10-17(23)20(11)25-7-6-14(9-25)18(24)13-4-5-13/h8,10,12-14,18H,2-7,9,24H2,1H3,(H,28,29)/t14?,18-/m0/s1. The third kappa shape index (κ3) is 3.03. The van der Waals surface area contributed by atoms with Gasteiger partial charge in [0.05, 0.1) is 17.4 Å². The van der Waals surface area contributed by atoms with Crippen LogP contribution in [-0.4, -0.2) is 34.6 Å². The molecule has 3 N–H and O–H groups in total. The number of hydrogen-bond donors (Lipinski definition) is 2. The number of aromatic carboxylic acids is 1. The molecule has 3 fully saturated rings. The minimum absolute atomic E-state index is 0.173. The van der Waals surface area contributed by atoms with Crippen molar-refractivity contribution in [2.24, 2.45) is 17.6 Å². The summed E-state index contributed by atoms with van der Waals surface area (Å²) in [6, 6.07) is 1.67. The van der Waals surface area contributed by atoms with E-state index in [1.54, 1.807) is 0 Å². The van der Waals surface area contributed by atoms with Crippen LogP contribution in [-0.2, 0) is 0 Å². The molecule has 0 bridgehead atoms. The Hall–Kier alpha value is -2.41. The highest BCUT2D eigenvalue weighted by atomic mass is 19.1. The Labute approximate surface area is 168 Å². The number of hydrogen-bond acceptors (Lipinski definition) is 4. The third-order valence-electron chi connectivity index (χ3n) is 6.94. The summed E-state index contributed by atoms with van der Waals surface area (Å²) < 4.78 is 16.4. The smallest absolute Gasteiger partial charge is 0.341 e. The molecule has 2 saturated carbocycles. The Morgan fingerprint density at radius 3 is 2.59 bits per heavy atom. The van der Waals surface area contributed by atoms with Crippen molar-refractivity contribution in [1.29, 1.82) is 0 Å². The van der Waals surface area contributed by atoms with Crippen LogP contribution < -0.4 is 16.2 Å². The molecule has 0 amide bonds. The highest BCUT2D eigenvalue weighted by Crippen LogP contribution is 2.44. The lowest BCUT2D eigenvalue weighted by Gasteiger charge is -2.25. The number of rotatable bonds is 5. The summed E-state index contributed by atoms with van der Waals surface area (Å²) in [5.41, 5.74) is 8.17. The van der Waals surface area contributed by atoms with Gasteiger partial charge in [-0.15, -0.1) is 0 Å². The molecule has 2 aromatic rings. The molecule has 0 radical (unpaired) electrons. The van der Waals surface area contributed by atoms with Gasteiger partial charge in [0, 0.05) is 19.1 Å². The van der Waals surface area contributed by atoms with Crippen molar-refractivity contribution in [3.05, 3.63) is 45.1 Å². The molecule has 1 saturated heterocycles. The summed E-state index contributed by atoms with van der Waals surface area (Å²) in [4.78, 5) is 26.3. The average Bonchev–Trinajstić information content (AvgIpc) is 3.59. The molecule has 7 heteroatoms. The zero-order valence-electron chi connectivity index (χ0n) is 16.5. The fourth-order valence-corrected chi connectivity index (χ4v) is 5.06. The van der Waals surface area contributed by atoms with Crippen molar-refractivity contribution in [3.8, 4) is 0 Å². The number of aryl methyl sites for hydroxylation is 1. The largest absolute Gasteiger partial charge is 0.477 e. The van der Waals surface area contributed by atoms with Gasteiger partial charge in [-0.1, -0.05) is 0 Å². The molecule has 2 aliphatic carbocycles. The van der Waals surface area contributed by atoms with Gasteiger partial charge < -0.3 is 15.7 Å². The molecule has 0 aromatic carbocycles. The van der Waals surface area contributed by atoms with Crippen LogP contribution in [0.3, 0.4) is 0 Å². The number of pyridine rings is 2. The van der Waals surface area contributed by atoms with E-state index in [0.29, 0.717) is 28.6 Å². The number of aromatic nitrogens is 1. The van der Waals surface area contributed by atoms with Crippen molar-refractivity contribution in [2.75, 3.05) is 18.0 Å².